The lowest BCUT2D eigenvalue weighted by molar-refractivity contribution is -0.129. The molecule has 1 rings (SSSR count). The minimum absolute atomic E-state index is 0.104. The standard InChI is InChI=1S/C10H19NO2S/c1-3-9(14-2)10(13)11-5-4-8(6-11)7-12/h8-9,12H,3-7H2,1-2H3/t8-,9+/m1/s1. The van der Waals surface area contributed by atoms with Gasteiger partial charge in [0.1, 0.15) is 0 Å². The first-order valence-corrected chi connectivity index (χ1v) is 6.44. The summed E-state index contributed by atoms with van der Waals surface area (Å²) in [4.78, 5) is 13.8. The number of hydrogen-bond donors (Lipinski definition) is 1. The van der Waals surface area contributed by atoms with Crippen LogP contribution in [0.4, 0.5) is 0 Å². The maximum atomic E-state index is 11.9. The van der Waals surface area contributed by atoms with E-state index in [1.165, 1.54) is 0 Å². The number of likely N-dealkylation sites (tertiary alicyclic amines) is 1. The van der Waals surface area contributed by atoms with E-state index in [1.54, 1.807) is 11.8 Å². The van der Waals surface area contributed by atoms with Crippen LogP contribution in [0.25, 0.3) is 0 Å². The summed E-state index contributed by atoms with van der Waals surface area (Å²) in [5, 5.41) is 9.08. The lowest BCUT2D eigenvalue weighted by atomic mass is 10.1. The molecule has 1 fully saturated rings. The molecular formula is C10H19NO2S. The first kappa shape index (κ1) is 11.9. The van der Waals surface area contributed by atoms with E-state index in [1.807, 2.05) is 18.1 Å². The Morgan fingerprint density at radius 2 is 2.43 bits per heavy atom. The van der Waals surface area contributed by atoms with Gasteiger partial charge in [-0.2, -0.15) is 11.8 Å². The van der Waals surface area contributed by atoms with Crippen LogP contribution in [0.1, 0.15) is 19.8 Å². The van der Waals surface area contributed by atoms with Crippen molar-refractivity contribution in [1.82, 2.24) is 4.90 Å². The number of nitrogens with zero attached hydrogens (tertiary/aromatic N) is 1. The van der Waals surface area contributed by atoms with Gasteiger partial charge in [0.2, 0.25) is 5.91 Å². The first-order valence-electron chi connectivity index (χ1n) is 5.15. The monoisotopic (exact) mass is 217 g/mol. The molecule has 0 unspecified atom stereocenters. The summed E-state index contributed by atoms with van der Waals surface area (Å²) in [7, 11) is 0. The molecule has 82 valence electrons. The second-order valence-electron chi connectivity index (χ2n) is 3.75. The predicted octanol–water partition coefficient (Wildman–Crippen LogP) is 0.969. The van der Waals surface area contributed by atoms with Gasteiger partial charge >= 0.3 is 0 Å². The van der Waals surface area contributed by atoms with Gasteiger partial charge in [-0.1, -0.05) is 6.92 Å². The quantitative estimate of drug-likeness (QED) is 0.763. The van der Waals surface area contributed by atoms with Gasteiger partial charge in [-0.25, -0.2) is 0 Å². The molecule has 0 saturated carbocycles. The van der Waals surface area contributed by atoms with Crippen LogP contribution in [-0.4, -0.2) is 47.1 Å². The van der Waals surface area contributed by atoms with E-state index in [0.717, 1.165) is 25.9 Å². The van der Waals surface area contributed by atoms with Crippen molar-refractivity contribution in [3.63, 3.8) is 0 Å². The smallest absolute Gasteiger partial charge is 0.235 e. The average molecular weight is 217 g/mol. The Morgan fingerprint density at radius 3 is 2.86 bits per heavy atom. The summed E-state index contributed by atoms with van der Waals surface area (Å²) in [6.45, 7) is 3.81. The van der Waals surface area contributed by atoms with Crippen molar-refractivity contribution in [1.29, 1.82) is 0 Å². The third kappa shape index (κ3) is 2.64. The topological polar surface area (TPSA) is 40.5 Å². The highest BCUT2D eigenvalue weighted by molar-refractivity contribution is 7.99. The third-order valence-corrected chi connectivity index (χ3v) is 3.89. The molecule has 1 saturated heterocycles. The van der Waals surface area contributed by atoms with Gasteiger partial charge in [-0.3, -0.25) is 4.79 Å². The van der Waals surface area contributed by atoms with E-state index < -0.39 is 0 Å². The highest BCUT2D eigenvalue weighted by Gasteiger charge is 2.29. The summed E-state index contributed by atoms with van der Waals surface area (Å²) in [6, 6.07) is 0. The molecule has 1 heterocycles. The van der Waals surface area contributed by atoms with E-state index in [-0.39, 0.29) is 17.8 Å². The Morgan fingerprint density at radius 1 is 1.71 bits per heavy atom. The van der Waals surface area contributed by atoms with Crippen molar-refractivity contribution in [3.8, 4) is 0 Å². The number of aliphatic hydroxyl groups excluding tert-OH is 1. The van der Waals surface area contributed by atoms with E-state index >= 15 is 0 Å². The number of carbonyl (C=O) groups is 1. The molecule has 0 spiro atoms. The minimum atomic E-state index is 0.104. The Kier molecular flexibility index (Phi) is 4.75. The van der Waals surface area contributed by atoms with Crippen molar-refractivity contribution in [3.05, 3.63) is 0 Å². The highest BCUT2D eigenvalue weighted by atomic mass is 32.2. The number of carbonyl (C=O) groups excluding carboxylic acids is 1. The van der Waals surface area contributed by atoms with Crippen LogP contribution in [0.5, 0.6) is 0 Å². The first-order chi connectivity index (χ1) is 6.72. The molecule has 0 bridgehead atoms. The Hall–Kier alpha value is -0.220. The van der Waals surface area contributed by atoms with Gasteiger partial charge in [0.15, 0.2) is 0 Å². The number of rotatable bonds is 4. The fourth-order valence-corrected chi connectivity index (χ4v) is 2.51. The largest absolute Gasteiger partial charge is 0.396 e. The minimum Gasteiger partial charge on any atom is -0.396 e. The molecule has 1 amide bonds. The fourth-order valence-electron chi connectivity index (χ4n) is 1.83. The van der Waals surface area contributed by atoms with Crippen molar-refractivity contribution in [2.45, 2.75) is 25.0 Å². The van der Waals surface area contributed by atoms with Crippen LogP contribution in [0.3, 0.4) is 0 Å². The van der Waals surface area contributed by atoms with Crippen molar-refractivity contribution in [2.24, 2.45) is 5.92 Å². The van der Waals surface area contributed by atoms with Crippen LogP contribution in [0.15, 0.2) is 0 Å². The number of amides is 1. The molecule has 0 radical (unpaired) electrons. The Labute approximate surface area is 89.9 Å². The Balaban J connectivity index is 2.45. The molecule has 3 nitrogen and oxygen atoms in total. The van der Waals surface area contributed by atoms with Gasteiger partial charge in [0.25, 0.3) is 0 Å². The van der Waals surface area contributed by atoms with Gasteiger partial charge in [0.05, 0.1) is 5.25 Å². The Bertz CT molecular complexity index is 195. The molecule has 14 heavy (non-hydrogen) atoms. The van der Waals surface area contributed by atoms with Gasteiger partial charge < -0.3 is 10.0 Å². The summed E-state index contributed by atoms with van der Waals surface area (Å²) < 4.78 is 0. The van der Waals surface area contributed by atoms with Crippen LogP contribution in [0, 0.1) is 5.92 Å². The lowest BCUT2D eigenvalue weighted by Crippen LogP contribution is -2.36. The molecule has 0 aromatic heterocycles. The molecule has 1 N–H and O–H groups in total. The second kappa shape index (κ2) is 5.61. The number of thioether (sulfide) groups is 1. The summed E-state index contributed by atoms with van der Waals surface area (Å²) >= 11 is 1.62. The van der Waals surface area contributed by atoms with Gasteiger partial charge in [-0.15, -0.1) is 0 Å². The zero-order valence-corrected chi connectivity index (χ0v) is 9.72. The van der Waals surface area contributed by atoms with E-state index in [9.17, 15) is 4.79 Å². The van der Waals surface area contributed by atoms with E-state index in [2.05, 4.69) is 0 Å². The van der Waals surface area contributed by atoms with Crippen LogP contribution >= 0.6 is 11.8 Å². The van der Waals surface area contributed by atoms with Gasteiger partial charge in [0, 0.05) is 25.6 Å². The molecule has 1 aliphatic heterocycles. The maximum Gasteiger partial charge on any atom is 0.235 e. The van der Waals surface area contributed by atoms with E-state index in [0.29, 0.717) is 5.92 Å². The lowest BCUT2D eigenvalue weighted by Gasteiger charge is -2.21. The van der Waals surface area contributed by atoms with Crippen LogP contribution in [-0.2, 0) is 4.79 Å². The summed E-state index contributed by atoms with van der Waals surface area (Å²) in [5.41, 5.74) is 0. The highest BCUT2D eigenvalue weighted by Crippen LogP contribution is 2.20. The normalized spacial score (nSPS) is 23.9. The molecule has 0 aromatic carbocycles. The fraction of sp³-hybridized carbons (Fsp3) is 0.900. The molecule has 2 atom stereocenters. The summed E-state index contributed by atoms with van der Waals surface area (Å²) in [5.74, 6) is 0.550. The SMILES string of the molecule is CC[C@H](SC)C(=O)N1CC[C@@H](CO)C1. The zero-order valence-electron chi connectivity index (χ0n) is 8.90. The molecule has 0 aromatic rings. The molecule has 1 aliphatic rings. The van der Waals surface area contributed by atoms with Crippen molar-refractivity contribution < 1.29 is 9.90 Å². The molecular weight excluding hydrogens is 198 g/mol. The predicted molar refractivity (Wildman–Crippen MR) is 59.4 cm³/mol. The second-order valence-corrected chi connectivity index (χ2v) is 4.79. The summed E-state index contributed by atoms with van der Waals surface area (Å²) in [6.07, 6.45) is 3.82. The number of hydrogen-bond acceptors (Lipinski definition) is 3. The van der Waals surface area contributed by atoms with Crippen molar-refractivity contribution >= 4 is 17.7 Å². The third-order valence-electron chi connectivity index (χ3n) is 2.79. The average Bonchev–Trinajstić information content (AvgIpc) is 2.67. The molecule has 4 heteroatoms. The maximum absolute atomic E-state index is 11.9. The van der Waals surface area contributed by atoms with Crippen molar-refractivity contribution in [2.75, 3.05) is 26.0 Å². The van der Waals surface area contributed by atoms with Gasteiger partial charge in [-0.05, 0) is 19.1 Å². The van der Waals surface area contributed by atoms with Crippen LogP contribution < -0.4 is 0 Å². The molecule has 0 aliphatic carbocycles. The van der Waals surface area contributed by atoms with Crippen LogP contribution in [0.2, 0.25) is 0 Å². The zero-order chi connectivity index (χ0) is 10.6. The van der Waals surface area contributed by atoms with E-state index in [4.69, 9.17) is 5.11 Å². The number of aliphatic hydroxyl groups is 1.